The molecular weight excluding hydrogens is 536 g/mol. The summed E-state index contributed by atoms with van der Waals surface area (Å²) in [6.07, 6.45) is 2.45. The Bertz CT molecular complexity index is 1630. The van der Waals surface area contributed by atoms with E-state index in [2.05, 4.69) is 49.5 Å². The molecule has 4 rings (SSSR count). The number of benzene rings is 4. The van der Waals surface area contributed by atoms with Gasteiger partial charge in [-0.1, -0.05) is 78.9 Å². The van der Waals surface area contributed by atoms with E-state index in [0.29, 0.717) is 0 Å². The van der Waals surface area contributed by atoms with Crippen LogP contribution < -0.4 is 5.32 Å². The zero-order chi connectivity index (χ0) is 29.6. The molecule has 0 amide bonds. The van der Waals surface area contributed by atoms with Crippen LogP contribution in [0, 0.1) is 0 Å². The molecule has 41 heavy (non-hydrogen) atoms. The van der Waals surface area contributed by atoms with Gasteiger partial charge in [-0.3, -0.25) is 0 Å². The molecule has 0 saturated heterocycles. The molecule has 0 radical (unpaired) electrons. The number of nitrogens with zero attached hydrogens (tertiary/aromatic N) is 1. The molecule has 0 fully saturated rings. The van der Waals surface area contributed by atoms with Crippen LogP contribution in [0.1, 0.15) is 25.0 Å². The largest absolute Gasteiger partial charge is 0.478 e. The van der Waals surface area contributed by atoms with Crippen molar-refractivity contribution in [1.29, 1.82) is 0 Å². The van der Waals surface area contributed by atoms with Gasteiger partial charge in [0.2, 0.25) is 10.0 Å². The van der Waals surface area contributed by atoms with Crippen LogP contribution in [-0.2, 0) is 21.2 Å². The minimum Gasteiger partial charge on any atom is -0.478 e. The first kappa shape index (κ1) is 30.1. The molecule has 0 aliphatic carbocycles. The second-order valence-corrected chi connectivity index (χ2v) is 12.9. The van der Waals surface area contributed by atoms with Gasteiger partial charge >= 0.3 is 5.97 Å². The number of carboxylic acid groups (broad SMARTS) is 1. The molecule has 214 valence electrons. The number of nitrogens with one attached hydrogen (secondary N) is 1. The molecule has 0 aromatic heterocycles. The minimum absolute atomic E-state index is 0.0472. The number of sulfonamides is 1. The molecule has 3 N–H and O–H groups in total. The SMILES string of the molecule is CN(C[C@H](O)CNC(C)(C)Cc1ccc2ccccc2c1)S(=O)(=O)c1ccc(-c2ccc(/C=C/C(=O)O)cc2)cc1. The third-order valence-corrected chi connectivity index (χ3v) is 8.81. The maximum Gasteiger partial charge on any atom is 0.328 e. The average Bonchev–Trinajstić information content (AvgIpc) is 2.95. The first-order valence-electron chi connectivity index (χ1n) is 13.4. The second-order valence-electron chi connectivity index (χ2n) is 10.9. The summed E-state index contributed by atoms with van der Waals surface area (Å²) in [7, 11) is -2.33. The molecule has 8 heteroatoms. The number of carboxylic acids is 1. The summed E-state index contributed by atoms with van der Waals surface area (Å²) in [5.74, 6) is -1.01. The first-order chi connectivity index (χ1) is 19.4. The van der Waals surface area contributed by atoms with Crippen molar-refractivity contribution < 1.29 is 23.4 Å². The van der Waals surface area contributed by atoms with Crippen LogP contribution in [0.4, 0.5) is 0 Å². The van der Waals surface area contributed by atoms with Crippen molar-refractivity contribution in [2.24, 2.45) is 0 Å². The Kier molecular flexibility index (Phi) is 9.40. The lowest BCUT2D eigenvalue weighted by Crippen LogP contribution is -2.47. The third-order valence-electron chi connectivity index (χ3n) is 6.97. The maximum absolute atomic E-state index is 13.2. The van der Waals surface area contributed by atoms with Crippen LogP contribution in [0.5, 0.6) is 0 Å². The Morgan fingerprint density at radius 1 is 0.927 bits per heavy atom. The number of aliphatic hydroxyl groups is 1. The lowest BCUT2D eigenvalue weighted by molar-refractivity contribution is -0.131. The molecule has 4 aromatic rings. The van der Waals surface area contributed by atoms with E-state index in [1.54, 1.807) is 36.4 Å². The number of aliphatic carboxylic acids is 1. The molecule has 1 atom stereocenters. The lowest BCUT2D eigenvalue weighted by atomic mass is 9.93. The third kappa shape index (κ3) is 8.11. The van der Waals surface area contributed by atoms with Gasteiger partial charge in [0.25, 0.3) is 0 Å². The summed E-state index contributed by atoms with van der Waals surface area (Å²) in [5, 5.41) is 25.2. The van der Waals surface area contributed by atoms with E-state index >= 15 is 0 Å². The van der Waals surface area contributed by atoms with Gasteiger partial charge in [0.1, 0.15) is 0 Å². The summed E-state index contributed by atoms with van der Waals surface area (Å²) in [5.41, 5.74) is 3.34. The van der Waals surface area contributed by atoms with E-state index in [9.17, 15) is 18.3 Å². The number of aliphatic hydroxyl groups excluding tert-OH is 1. The Labute approximate surface area is 241 Å². The van der Waals surface area contributed by atoms with Crippen LogP contribution >= 0.6 is 0 Å². The van der Waals surface area contributed by atoms with E-state index in [-0.39, 0.29) is 23.5 Å². The van der Waals surface area contributed by atoms with Gasteiger partial charge in [0.15, 0.2) is 0 Å². The molecule has 0 unspecified atom stereocenters. The molecule has 0 bridgehead atoms. The topological polar surface area (TPSA) is 107 Å². The lowest BCUT2D eigenvalue weighted by Gasteiger charge is -2.29. The zero-order valence-electron chi connectivity index (χ0n) is 23.5. The zero-order valence-corrected chi connectivity index (χ0v) is 24.3. The van der Waals surface area contributed by atoms with Gasteiger partial charge in [-0.15, -0.1) is 0 Å². The number of likely N-dealkylation sites (N-methyl/N-ethyl adjacent to an activating group) is 1. The molecule has 0 saturated carbocycles. The van der Waals surface area contributed by atoms with Crippen molar-refractivity contribution in [1.82, 2.24) is 9.62 Å². The number of β-amino-alcohol motifs (C(OH)–C–C–N with tert-alkyl or cyclic N) is 1. The predicted molar refractivity (Wildman–Crippen MR) is 164 cm³/mol. The number of hydrogen-bond acceptors (Lipinski definition) is 5. The number of hydrogen-bond donors (Lipinski definition) is 3. The molecule has 0 spiro atoms. The number of fused-ring (bicyclic) bond motifs is 1. The Hall–Kier alpha value is -3.82. The molecular formula is C33H36N2O5S. The second kappa shape index (κ2) is 12.8. The van der Waals surface area contributed by atoms with Crippen LogP contribution in [0.3, 0.4) is 0 Å². The predicted octanol–water partition coefficient (Wildman–Crippen LogP) is 5.20. The maximum atomic E-state index is 13.2. The van der Waals surface area contributed by atoms with Crippen molar-refractivity contribution in [3.05, 3.63) is 108 Å². The van der Waals surface area contributed by atoms with Crippen LogP contribution in [0.15, 0.2) is 102 Å². The Balaban J connectivity index is 1.33. The minimum atomic E-state index is -3.80. The van der Waals surface area contributed by atoms with Crippen LogP contribution in [0.25, 0.3) is 28.0 Å². The Morgan fingerprint density at radius 3 is 2.17 bits per heavy atom. The van der Waals surface area contributed by atoms with Gasteiger partial charge in [-0.25, -0.2) is 13.2 Å². The quantitative estimate of drug-likeness (QED) is 0.202. The van der Waals surface area contributed by atoms with Crippen molar-refractivity contribution in [3.8, 4) is 11.1 Å². The fourth-order valence-corrected chi connectivity index (χ4v) is 5.94. The van der Waals surface area contributed by atoms with E-state index < -0.39 is 22.1 Å². The molecule has 0 aliphatic heterocycles. The smallest absolute Gasteiger partial charge is 0.328 e. The highest BCUT2D eigenvalue weighted by atomic mass is 32.2. The van der Waals surface area contributed by atoms with Crippen molar-refractivity contribution in [2.45, 2.75) is 36.8 Å². The highest BCUT2D eigenvalue weighted by molar-refractivity contribution is 7.89. The highest BCUT2D eigenvalue weighted by Crippen LogP contribution is 2.24. The van der Waals surface area contributed by atoms with E-state index in [1.807, 2.05) is 24.3 Å². The van der Waals surface area contributed by atoms with Gasteiger partial charge in [-0.05, 0) is 71.5 Å². The highest BCUT2D eigenvalue weighted by Gasteiger charge is 2.25. The number of rotatable bonds is 12. The van der Waals surface area contributed by atoms with Crippen LogP contribution in [-0.4, -0.2) is 60.7 Å². The van der Waals surface area contributed by atoms with Crippen molar-refractivity contribution >= 4 is 32.8 Å². The molecule has 0 heterocycles. The van der Waals surface area contributed by atoms with Crippen molar-refractivity contribution in [3.63, 3.8) is 0 Å². The molecule has 7 nitrogen and oxygen atoms in total. The normalized spacial score (nSPS) is 13.2. The number of carbonyl (C=O) groups is 1. The summed E-state index contributed by atoms with van der Waals surface area (Å²) < 4.78 is 27.5. The summed E-state index contributed by atoms with van der Waals surface area (Å²) in [6.45, 7) is 4.33. The summed E-state index contributed by atoms with van der Waals surface area (Å²) in [4.78, 5) is 10.8. The van der Waals surface area contributed by atoms with Gasteiger partial charge in [0.05, 0.1) is 11.0 Å². The van der Waals surface area contributed by atoms with Gasteiger partial charge in [0, 0.05) is 31.8 Å². The molecule has 0 aliphatic rings. The summed E-state index contributed by atoms with van der Waals surface area (Å²) in [6, 6.07) is 28.5. The van der Waals surface area contributed by atoms with Gasteiger partial charge in [-0.2, -0.15) is 4.31 Å². The Morgan fingerprint density at radius 2 is 1.54 bits per heavy atom. The van der Waals surface area contributed by atoms with Crippen LogP contribution in [0.2, 0.25) is 0 Å². The monoisotopic (exact) mass is 572 g/mol. The fraction of sp³-hybridized carbons (Fsp3) is 0.242. The van der Waals surface area contributed by atoms with Gasteiger partial charge < -0.3 is 15.5 Å². The molecule has 4 aromatic carbocycles. The van der Waals surface area contributed by atoms with Crippen molar-refractivity contribution in [2.75, 3.05) is 20.1 Å². The van der Waals surface area contributed by atoms with E-state index in [0.717, 1.165) is 29.2 Å². The fourth-order valence-electron chi connectivity index (χ4n) is 4.73. The summed E-state index contributed by atoms with van der Waals surface area (Å²) >= 11 is 0. The van der Waals surface area contributed by atoms with E-state index in [4.69, 9.17) is 5.11 Å². The first-order valence-corrected chi connectivity index (χ1v) is 14.9. The average molecular weight is 573 g/mol. The van der Waals surface area contributed by atoms with E-state index in [1.165, 1.54) is 33.8 Å². The standard InChI is InChI=1S/C33H36N2O5S/c1-33(2,21-25-10-14-26-6-4-5-7-29(26)20-25)34-22-30(36)23-35(3)41(39,40)31-17-15-28(16-18-31)27-12-8-24(9-13-27)11-19-32(37)38/h4-20,30,34,36H,21-23H2,1-3H3,(H,37,38)/b19-11+/t30-/m1/s1.